The van der Waals surface area contributed by atoms with Gasteiger partial charge in [-0.05, 0) is 30.5 Å². The Bertz CT molecular complexity index is 413. The average molecular weight is 266 g/mol. The molecule has 0 aromatic heterocycles. The second-order valence-electron chi connectivity index (χ2n) is 4.86. The Morgan fingerprint density at radius 2 is 1.84 bits per heavy atom. The Morgan fingerprint density at radius 3 is 2.26 bits per heavy atom. The lowest BCUT2D eigenvalue weighted by Gasteiger charge is -2.33. The molecule has 1 rings (SSSR count). The Balaban J connectivity index is 3.11. The third kappa shape index (κ3) is 3.47. The van der Waals surface area contributed by atoms with Crippen LogP contribution in [0.25, 0.3) is 0 Å². The van der Waals surface area contributed by atoms with Crippen LogP contribution in [0.2, 0.25) is 0 Å². The van der Waals surface area contributed by atoms with Gasteiger partial charge in [0.05, 0.1) is 5.92 Å². The number of carboxylic acid groups (broad SMARTS) is 1. The van der Waals surface area contributed by atoms with Crippen LogP contribution in [-0.2, 0) is 10.4 Å². The van der Waals surface area contributed by atoms with Gasteiger partial charge >= 0.3 is 5.97 Å². The van der Waals surface area contributed by atoms with Crippen LogP contribution in [0, 0.1) is 5.92 Å². The molecule has 4 heteroatoms. The van der Waals surface area contributed by atoms with Crippen molar-refractivity contribution >= 4 is 5.97 Å². The molecule has 0 heterocycles. The number of phenolic OH excluding ortho intramolecular Hbond substituents is 1. The number of carbonyl (C=O) groups is 1. The fraction of sp³-hybridized carbons (Fsp3) is 0.533. The summed E-state index contributed by atoms with van der Waals surface area (Å²) in [5, 5.41) is 29.4. The zero-order valence-corrected chi connectivity index (χ0v) is 11.5. The Kier molecular flexibility index (Phi) is 5.36. The highest BCUT2D eigenvalue weighted by molar-refractivity contribution is 5.72. The van der Waals surface area contributed by atoms with Gasteiger partial charge in [-0.2, -0.15) is 0 Å². The first-order chi connectivity index (χ1) is 8.95. The van der Waals surface area contributed by atoms with E-state index in [1.807, 2.05) is 6.92 Å². The molecule has 3 N–H and O–H groups in total. The minimum absolute atomic E-state index is 0.0997. The number of carboxylic acids is 1. The number of aromatic hydroxyl groups is 1. The van der Waals surface area contributed by atoms with Crippen LogP contribution in [0.3, 0.4) is 0 Å². The summed E-state index contributed by atoms with van der Waals surface area (Å²) in [5.41, 5.74) is -0.856. The molecule has 1 aromatic carbocycles. The zero-order valence-electron chi connectivity index (χ0n) is 11.5. The second kappa shape index (κ2) is 6.57. The fourth-order valence-electron chi connectivity index (χ4n) is 2.38. The van der Waals surface area contributed by atoms with E-state index in [0.717, 1.165) is 12.8 Å². The maximum atomic E-state index is 11.4. The summed E-state index contributed by atoms with van der Waals surface area (Å²) in [6, 6.07) is 6.10. The van der Waals surface area contributed by atoms with Gasteiger partial charge in [0.25, 0.3) is 0 Å². The van der Waals surface area contributed by atoms with Crippen LogP contribution in [0.5, 0.6) is 5.75 Å². The molecule has 19 heavy (non-hydrogen) atoms. The molecule has 0 radical (unpaired) electrons. The summed E-state index contributed by atoms with van der Waals surface area (Å²) in [4.78, 5) is 11.4. The second-order valence-corrected chi connectivity index (χ2v) is 4.86. The van der Waals surface area contributed by atoms with Crippen LogP contribution in [0.1, 0.15) is 45.1 Å². The molecule has 106 valence electrons. The largest absolute Gasteiger partial charge is 0.508 e. The van der Waals surface area contributed by atoms with E-state index in [9.17, 15) is 20.1 Å². The van der Waals surface area contributed by atoms with E-state index in [0.29, 0.717) is 18.4 Å². The predicted octanol–water partition coefficient (Wildman–Crippen LogP) is 2.88. The lowest BCUT2D eigenvalue weighted by molar-refractivity contribution is -0.154. The number of unbranched alkanes of at least 4 members (excludes halogenated alkanes) is 1. The molecule has 0 aliphatic rings. The number of aliphatic hydroxyl groups is 1. The van der Waals surface area contributed by atoms with Crippen LogP contribution >= 0.6 is 0 Å². The van der Waals surface area contributed by atoms with E-state index in [1.54, 1.807) is 19.1 Å². The highest BCUT2D eigenvalue weighted by Crippen LogP contribution is 2.37. The monoisotopic (exact) mass is 266 g/mol. The summed E-state index contributed by atoms with van der Waals surface area (Å²) in [6.07, 6.45) is 2.41. The molecule has 2 atom stereocenters. The molecule has 0 aliphatic carbocycles. The molecule has 4 nitrogen and oxygen atoms in total. The molecule has 0 saturated heterocycles. The van der Waals surface area contributed by atoms with Gasteiger partial charge < -0.3 is 15.3 Å². The SMILES string of the molecule is CCCCC(C(=O)O)C(O)(CC)c1ccc(O)cc1. The Hall–Kier alpha value is -1.55. The normalized spacial score (nSPS) is 15.7. The van der Waals surface area contributed by atoms with E-state index in [4.69, 9.17) is 0 Å². The summed E-state index contributed by atoms with van der Waals surface area (Å²) in [6.45, 7) is 3.76. The van der Waals surface area contributed by atoms with Gasteiger partial charge in [0.2, 0.25) is 0 Å². The molecule has 1 aromatic rings. The summed E-state index contributed by atoms with van der Waals surface area (Å²) in [5.74, 6) is -1.71. The number of benzene rings is 1. The first-order valence-corrected chi connectivity index (χ1v) is 6.70. The third-order valence-electron chi connectivity index (χ3n) is 3.63. The van der Waals surface area contributed by atoms with Crippen molar-refractivity contribution in [3.63, 3.8) is 0 Å². The van der Waals surface area contributed by atoms with Gasteiger partial charge in [-0.25, -0.2) is 0 Å². The molecule has 0 aliphatic heterocycles. The highest BCUT2D eigenvalue weighted by atomic mass is 16.4. The van der Waals surface area contributed by atoms with Gasteiger partial charge in [0, 0.05) is 0 Å². The number of hydrogen-bond donors (Lipinski definition) is 3. The molecule has 0 amide bonds. The minimum atomic E-state index is -1.39. The van der Waals surface area contributed by atoms with E-state index in [1.165, 1.54) is 12.1 Å². The summed E-state index contributed by atoms with van der Waals surface area (Å²) in [7, 11) is 0. The third-order valence-corrected chi connectivity index (χ3v) is 3.63. The van der Waals surface area contributed by atoms with Crippen molar-refractivity contribution in [2.45, 2.75) is 45.1 Å². The number of rotatable bonds is 7. The number of aliphatic carboxylic acids is 1. The Labute approximate surface area is 113 Å². The molecule has 0 spiro atoms. The lowest BCUT2D eigenvalue weighted by atomic mass is 9.77. The first kappa shape index (κ1) is 15.5. The van der Waals surface area contributed by atoms with E-state index < -0.39 is 17.5 Å². The fourth-order valence-corrected chi connectivity index (χ4v) is 2.38. The van der Waals surface area contributed by atoms with Crippen LogP contribution in [-0.4, -0.2) is 21.3 Å². The van der Waals surface area contributed by atoms with E-state index in [-0.39, 0.29) is 5.75 Å². The quantitative estimate of drug-likeness (QED) is 0.709. The zero-order chi connectivity index (χ0) is 14.5. The maximum absolute atomic E-state index is 11.4. The highest BCUT2D eigenvalue weighted by Gasteiger charge is 2.41. The number of phenols is 1. The van der Waals surface area contributed by atoms with Crippen molar-refractivity contribution in [3.8, 4) is 5.75 Å². The topological polar surface area (TPSA) is 77.8 Å². The van der Waals surface area contributed by atoms with Gasteiger partial charge in [-0.15, -0.1) is 0 Å². The molecular formula is C15H22O4. The van der Waals surface area contributed by atoms with E-state index >= 15 is 0 Å². The van der Waals surface area contributed by atoms with Crippen molar-refractivity contribution in [1.82, 2.24) is 0 Å². The smallest absolute Gasteiger partial charge is 0.309 e. The van der Waals surface area contributed by atoms with Crippen LogP contribution < -0.4 is 0 Å². The minimum Gasteiger partial charge on any atom is -0.508 e. The standard InChI is InChI=1S/C15H22O4/c1-3-5-6-13(14(17)18)15(19,4-2)11-7-9-12(16)10-8-11/h7-10,13,16,19H,3-6H2,1-2H3,(H,17,18). The van der Waals surface area contributed by atoms with Crippen molar-refractivity contribution < 1.29 is 20.1 Å². The molecule has 0 bridgehead atoms. The van der Waals surface area contributed by atoms with Gasteiger partial charge in [0.15, 0.2) is 0 Å². The predicted molar refractivity (Wildman–Crippen MR) is 72.9 cm³/mol. The van der Waals surface area contributed by atoms with Gasteiger partial charge in [0.1, 0.15) is 11.4 Å². The van der Waals surface area contributed by atoms with Crippen LogP contribution in [0.4, 0.5) is 0 Å². The Morgan fingerprint density at radius 1 is 1.26 bits per heavy atom. The molecule has 2 unspecified atom stereocenters. The average Bonchev–Trinajstić information content (AvgIpc) is 2.39. The molecule has 0 saturated carbocycles. The van der Waals surface area contributed by atoms with Crippen molar-refractivity contribution in [3.05, 3.63) is 29.8 Å². The van der Waals surface area contributed by atoms with Gasteiger partial charge in [-0.1, -0.05) is 38.8 Å². The van der Waals surface area contributed by atoms with Gasteiger partial charge in [-0.3, -0.25) is 4.79 Å². The molecular weight excluding hydrogens is 244 g/mol. The lowest BCUT2D eigenvalue weighted by Crippen LogP contribution is -2.39. The van der Waals surface area contributed by atoms with E-state index in [2.05, 4.69) is 0 Å². The summed E-state index contributed by atoms with van der Waals surface area (Å²) < 4.78 is 0. The van der Waals surface area contributed by atoms with Crippen LogP contribution in [0.15, 0.2) is 24.3 Å². The molecule has 0 fully saturated rings. The van der Waals surface area contributed by atoms with Crippen molar-refractivity contribution in [2.24, 2.45) is 5.92 Å². The van der Waals surface area contributed by atoms with Crippen molar-refractivity contribution in [2.75, 3.05) is 0 Å². The van der Waals surface area contributed by atoms with Crippen molar-refractivity contribution in [1.29, 1.82) is 0 Å². The summed E-state index contributed by atoms with van der Waals surface area (Å²) >= 11 is 0. The number of hydrogen-bond acceptors (Lipinski definition) is 3. The first-order valence-electron chi connectivity index (χ1n) is 6.70. The maximum Gasteiger partial charge on any atom is 0.309 e.